The Labute approximate surface area is 74.6 Å². The Morgan fingerprint density at radius 2 is 2.08 bits per heavy atom. The first kappa shape index (κ1) is 10.0. The lowest BCUT2D eigenvalue weighted by Gasteiger charge is -2.34. The highest BCUT2D eigenvalue weighted by molar-refractivity contribution is 4.80. The molecule has 4 atom stereocenters. The normalized spacial score (nSPS) is 39.5. The maximum Gasteiger partial charge on any atom is 0.0574 e. The summed E-state index contributed by atoms with van der Waals surface area (Å²) in [6.45, 7) is 4.41. The summed E-state index contributed by atoms with van der Waals surface area (Å²) in [5.74, 6) is 1.24. The van der Waals surface area contributed by atoms with E-state index in [-0.39, 0.29) is 18.6 Å². The van der Waals surface area contributed by atoms with E-state index >= 15 is 0 Å². The molecule has 0 amide bonds. The van der Waals surface area contributed by atoms with Crippen molar-refractivity contribution in [3.05, 3.63) is 0 Å². The van der Waals surface area contributed by atoms with E-state index in [9.17, 15) is 5.11 Å². The van der Waals surface area contributed by atoms with Crippen LogP contribution in [0.15, 0.2) is 0 Å². The van der Waals surface area contributed by atoms with Crippen molar-refractivity contribution >= 4 is 0 Å². The fraction of sp³-hybridized carbons (Fsp3) is 1.00. The Morgan fingerprint density at radius 3 is 2.58 bits per heavy atom. The van der Waals surface area contributed by atoms with E-state index < -0.39 is 0 Å². The van der Waals surface area contributed by atoms with Gasteiger partial charge in [0.25, 0.3) is 0 Å². The van der Waals surface area contributed by atoms with E-state index in [2.05, 4.69) is 6.92 Å². The monoisotopic (exact) mass is 172 g/mol. The topological polar surface area (TPSA) is 40.5 Å². The number of aliphatic hydroxyl groups is 2. The Morgan fingerprint density at radius 1 is 1.42 bits per heavy atom. The second-order valence-corrected chi connectivity index (χ2v) is 4.31. The first-order valence-corrected chi connectivity index (χ1v) is 4.94. The summed E-state index contributed by atoms with van der Waals surface area (Å²) in [6, 6.07) is 0. The Balaban J connectivity index is 2.44. The molecule has 0 radical (unpaired) electrons. The van der Waals surface area contributed by atoms with Crippen LogP contribution < -0.4 is 0 Å². The molecule has 0 aliphatic heterocycles. The van der Waals surface area contributed by atoms with Crippen molar-refractivity contribution in [3.63, 3.8) is 0 Å². The van der Waals surface area contributed by atoms with Crippen LogP contribution in [0.25, 0.3) is 0 Å². The van der Waals surface area contributed by atoms with Crippen molar-refractivity contribution in [3.8, 4) is 0 Å². The second kappa shape index (κ2) is 4.24. The third-order valence-electron chi connectivity index (χ3n) is 3.15. The fourth-order valence-electron chi connectivity index (χ4n) is 2.17. The van der Waals surface area contributed by atoms with Gasteiger partial charge in [-0.1, -0.05) is 20.3 Å². The van der Waals surface area contributed by atoms with E-state index in [0.29, 0.717) is 11.8 Å². The molecule has 0 aromatic rings. The summed E-state index contributed by atoms with van der Waals surface area (Å²) < 4.78 is 0. The first-order chi connectivity index (χ1) is 5.65. The second-order valence-electron chi connectivity index (χ2n) is 4.31. The quantitative estimate of drug-likeness (QED) is 0.661. The van der Waals surface area contributed by atoms with Gasteiger partial charge in [-0.2, -0.15) is 0 Å². The minimum absolute atomic E-state index is 0.184. The molecule has 1 unspecified atom stereocenters. The summed E-state index contributed by atoms with van der Waals surface area (Å²) in [5.41, 5.74) is 0. The molecule has 1 aliphatic carbocycles. The van der Waals surface area contributed by atoms with Gasteiger partial charge in [0.05, 0.1) is 6.10 Å². The summed E-state index contributed by atoms with van der Waals surface area (Å²) in [7, 11) is 0. The zero-order valence-corrected chi connectivity index (χ0v) is 8.03. The summed E-state index contributed by atoms with van der Waals surface area (Å²) in [4.78, 5) is 0. The van der Waals surface area contributed by atoms with Crippen LogP contribution in [0.2, 0.25) is 0 Å². The van der Waals surface area contributed by atoms with Crippen LogP contribution in [-0.2, 0) is 0 Å². The molecule has 1 rings (SSSR count). The van der Waals surface area contributed by atoms with Gasteiger partial charge in [-0.25, -0.2) is 0 Å². The molecule has 0 heterocycles. The SMILES string of the molecule is CC(CO)[C@@H]1CC[C@@H](C)C[C@H]1O. The first-order valence-electron chi connectivity index (χ1n) is 4.94. The maximum atomic E-state index is 9.73. The van der Waals surface area contributed by atoms with Gasteiger partial charge in [-0.3, -0.25) is 0 Å². The minimum atomic E-state index is -0.184. The van der Waals surface area contributed by atoms with Gasteiger partial charge in [-0.15, -0.1) is 0 Å². The Hall–Kier alpha value is -0.0800. The molecule has 0 saturated heterocycles. The molecule has 0 aromatic carbocycles. The highest BCUT2D eigenvalue weighted by atomic mass is 16.3. The molecule has 0 bridgehead atoms. The smallest absolute Gasteiger partial charge is 0.0574 e. The number of hydrogen-bond acceptors (Lipinski definition) is 2. The van der Waals surface area contributed by atoms with E-state index in [1.807, 2.05) is 6.92 Å². The molecule has 2 heteroatoms. The van der Waals surface area contributed by atoms with Gasteiger partial charge in [0, 0.05) is 6.61 Å². The molecule has 0 spiro atoms. The number of rotatable bonds is 2. The third-order valence-corrected chi connectivity index (χ3v) is 3.15. The van der Waals surface area contributed by atoms with Crippen molar-refractivity contribution in [2.24, 2.45) is 17.8 Å². The third kappa shape index (κ3) is 2.20. The van der Waals surface area contributed by atoms with Crippen LogP contribution in [0.4, 0.5) is 0 Å². The predicted octanol–water partition coefficient (Wildman–Crippen LogP) is 1.41. The summed E-state index contributed by atoms with van der Waals surface area (Å²) in [5, 5.41) is 18.7. The number of hydrogen-bond donors (Lipinski definition) is 2. The molecular weight excluding hydrogens is 152 g/mol. The van der Waals surface area contributed by atoms with Crippen LogP contribution in [0.1, 0.15) is 33.1 Å². The average molecular weight is 172 g/mol. The van der Waals surface area contributed by atoms with Gasteiger partial charge in [0.1, 0.15) is 0 Å². The minimum Gasteiger partial charge on any atom is -0.396 e. The van der Waals surface area contributed by atoms with Gasteiger partial charge >= 0.3 is 0 Å². The average Bonchev–Trinajstić information content (AvgIpc) is 2.03. The van der Waals surface area contributed by atoms with Crippen LogP contribution in [-0.4, -0.2) is 22.9 Å². The van der Waals surface area contributed by atoms with Crippen molar-refractivity contribution in [2.75, 3.05) is 6.61 Å². The predicted molar refractivity (Wildman–Crippen MR) is 48.8 cm³/mol. The molecular formula is C10H20O2. The summed E-state index contributed by atoms with van der Waals surface area (Å²) in [6.07, 6.45) is 3.00. The van der Waals surface area contributed by atoms with E-state index in [0.717, 1.165) is 12.8 Å². The lowest BCUT2D eigenvalue weighted by Crippen LogP contribution is -2.34. The molecule has 1 fully saturated rings. The molecule has 0 aromatic heterocycles. The largest absolute Gasteiger partial charge is 0.396 e. The highest BCUT2D eigenvalue weighted by Crippen LogP contribution is 2.33. The van der Waals surface area contributed by atoms with Gasteiger partial charge in [0.15, 0.2) is 0 Å². The lowest BCUT2D eigenvalue weighted by molar-refractivity contribution is 0.00804. The van der Waals surface area contributed by atoms with Gasteiger partial charge in [0.2, 0.25) is 0 Å². The molecule has 1 aliphatic rings. The van der Waals surface area contributed by atoms with Crippen molar-refractivity contribution in [2.45, 2.75) is 39.2 Å². The Kier molecular flexibility index (Phi) is 3.53. The highest BCUT2D eigenvalue weighted by Gasteiger charge is 2.30. The van der Waals surface area contributed by atoms with Crippen LogP contribution in [0.5, 0.6) is 0 Å². The van der Waals surface area contributed by atoms with Crippen molar-refractivity contribution < 1.29 is 10.2 Å². The van der Waals surface area contributed by atoms with E-state index in [4.69, 9.17) is 5.11 Å². The van der Waals surface area contributed by atoms with Gasteiger partial charge in [-0.05, 0) is 30.6 Å². The molecule has 1 saturated carbocycles. The van der Waals surface area contributed by atoms with Crippen molar-refractivity contribution in [1.29, 1.82) is 0 Å². The van der Waals surface area contributed by atoms with Crippen LogP contribution in [0, 0.1) is 17.8 Å². The molecule has 2 nitrogen and oxygen atoms in total. The lowest BCUT2D eigenvalue weighted by atomic mass is 9.75. The summed E-state index contributed by atoms with van der Waals surface area (Å²) >= 11 is 0. The Bertz CT molecular complexity index is 136. The van der Waals surface area contributed by atoms with Crippen LogP contribution in [0.3, 0.4) is 0 Å². The standard InChI is InChI=1S/C10H20O2/c1-7-3-4-9(8(2)6-11)10(12)5-7/h7-12H,3-6H2,1-2H3/t7-,8?,9+,10-/m1/s1. The maximum absolute atomic E-state index is 9.73. The van der Waals surface area contributed by atoms with E-state index in [1.54, 1.807) is 0 Å². The molecule has 12 heavy (non-hydrogen) atoms. The number of aliphatic hydroxyl groups excluding tert-OH is 2. The van der Waals surface area contributed by atoms with Crippen molar-refractivity contribution in [1.82, 2.24) is 0 Å². The molecule has 2 N–H and O–H groups in total. The van der Waals surface area contributed by atoms with E-state index in [1.165, 1.54) is 6.42 Å². The zero-order chi connectivity index (χ0) is 9.14. The van der Waals surface area contributed by atoms with Gasteiger partial charge < -0.3 is 10.2 Å². The zero-order valence-electron chi connectivity index (χ0n) is 8.03. The van der Waals surface area contributed by atoms with Crippen LogP contribution >= 0.6 is 0 Å². The fourth-order valence-corrected chi connectivity index (χ4v) is 2.17. The molecule has 72 valence electrons.